The van der Waals surface area contributed by atoms with Gasteiger partial charge in [0, 0.05) is 31.3 Å². The molecular formula is C16H18FN3OS. The summed E-state index contributed by atoms with van der Waals surface area (Å²) >= 11 is 1.60. The van der Waals surface area contributed by atoms with Crippen LogP contribution in [0.4, 0.5) is 9.52 Å². The molecule has 0 fully saturated rings. The zero-order valence-electron chi connectivity index (χ0n) is 12.8. The number of benzene rings is 1. The summed E-state index contributed by atoms with van der Waals surface area (Å²) < 4.78 is 13.5. The van der Waals surface area contributed by atoms with E-state index in [0.717, 1.165) is 21.3 Å². The maximum Gasteiger partial charge on any atom is 0.221 e. The Balaban J connectivity index is 2.08. The van der Waals surface area contributed by atoms with Crippen molar-refractivity contribution in [2.45, 2.75) is 25.8 Å². The van der Waals surface area contributed by atoms with Crippen molar-refractivity contribution < 1.29 is 9.18 Å². The average Bonchev–Trinajstić information content (AvgIpc) is 2.83. The smallest absolute Gasteiger partial charge is 0.221 e. The fourth-order valence-electron chi connectivity index (χ4n) is 2.63. The highest BCUT2D eigenvalue weighted by atomic mass is 32.1. The van der Waals surface area contributed by atoms with Gasteiger partial charge in [0.2, 0.25) is 5.91 Å². The number of thiazole rings is 1. The molecule has 0 spiro atoms. The van der Waals surface area contributed by atoms with Crippen molar-refractivity contribution >= 4 is 22.4 Å². The van der Waals surface area contributed by atoms with Crippen molar-refractivity contribution in [1.29, 1.82) is 0 Å². The van der Waals surface area contributed by atoms with Crippen LogP contribution in [-0.4, -0.2) is 25.0 Å². The summed E-state index contributed by atoms with van der Waals surface area (Å²) in [6.45, 7) is 2.20. The number of aryl methyl sites for hydroxylation is 1. The van der Waals surface area contributed by atoms with Gasteiger partial charge in [-0.2, -0.15) is 0 Å². The van der Waals surface area contributed by atoms with Crippen molar-refractivity contribution in [2.24, 2.45) is 0 Å². The molecule has 116 valence electrons. The van der Waals surface area contributed by atoms with Gasteiger partial charge in [-0.05, 0) is 24.1 Å². The van der Waals surface area contributed by atoms with E-state index in [4.69, 9.17) is 0 Å². The molecule has 0 radical (unpaired) electrons. The molecule has 0 saturated heterocycles. The third kappa shape index (κ3) is 2.70. The molecule has 2 heterocycles. The second kappa shape index (κ2) is 5.68. The molecule has 2 aromatic rings. The average molecular weight is 319 g/mol. The second-order valence-corrected chi connectivity index (χ2v) is 6.75. The predicted molar refractivity (Wildman–Crippen MR) is 85.9 cm³/mol. The standard InChI is InChI=1S/C16H18FN3OS/c1-9-6-10(4-5-12(9)17)11-7-14(21)18-8-13-15(11)22-16(19-13)20(2)3/h4-6,11H,7-8H2,1-3H3,(H,18,21)/t11-/m0/s1. The number of aromatic nitrogens is 1. The molecule has 0 saturated carbocycles. The Hall–Kier alpha value is -1.95. The normalized spacial score (nSPS) is 17.6. The van der Waals surface area contributed by atoms with Crippen LogP contribution >= 0.6 is 11.3 Å². The lowest BCUT2D eigenvalue weighted by atomic mass is 9.92. The van der Waals surface area contributed by atoms with E-state index in [2.05, 4.69) is 10.3 Å². The largest absolute Gasteiger partial charge is 0.354 e. The highest BCUT2D eigenvalue weighted by Gasteiger charge is 2.28. The number of halogens is 1. The maximum atomic E-state index is 13.5. The molecular weight excluding hydrogens is 301 g/mol. The van der Waals surface area contributed by atoms with Crippen LogP contribution in [0, 0.1) is 12.7 Å². The van der Waals surface area contributed by atoms with E-state index >= 15 is 0 Å². The van der Waals surface area contributed by atoms with E-state index in [1.807, 2.05) is 25.1 Å². The van der Waals surface area contributed by atoms with Gasteiger partial charge in [0.1, 0.15) is 5.82 Å². The van der Waals surface area contributed by atoms with Crippen LogP contribution in [0.15, 0.2) is 18.2 Å². The minimum absolute atomic E-state index is 0.00332. The molecule has 1 aromatic heterocycles. The summed E-state index contributed by atoms with van der Waals surface area (Å²) in [6, 6.07) is 5.07. The van der Waals surface area contributed by atoms with E-state index in [-0.39, 0.29) is 17.6 Å². The van der Waals surface area contributed by atoms with Crippen LogP contribution < -0.4 is 10.2 Å². The lowest BCUT2D eigenvalue weighted by molar-refractivity contribution is -0.121. The van der Waals surface area contributed by atoms with Crippen LogP contribution in [0.5, 0.6) is 0 Å². The SMILES string of the molecule is Cc1cc([C@@H]2CC(=O)NCc3nc(N(C)C)sc32)ccc1F. The molecule has 1 aliphatic rings. The zero-order valence-corrected chi connectivity index (χ0v) is 13.6. The summed E-state index contributed by atoms with van der Waals surface area (Å²) in [5, 5.41) is 3.81. The van der Waals surface area contributed by atoms with Gasteiger partial charge >= 0.3 is 0 Å². The molecule has 6 heteroatoms. The highest BCUT2D eigenvalue weighted by molar-refractivity contribution is 7.15. The number of nitrogens with one attached hydrogen (secondary N) is 1. The van der Waals surface area contributed by atoms with Gasteiger partial charge in [-0.25, -0.2) is 9.37 Å². The lowest BCUT2D eigenvalue weighted by Crippen LogP contribution is -2.21. The first-order valence-electron chi connectivity index (χ1n) is 7.15. The number of rotatable bonds is 2. The molecule has 1 aliphatic heterocycles. The lowest BCUT2D eigenvalue weighted by Gasteiger charge is -2.14. The van der Waals surface area contributed by atoms with E-state index in [0.29, 0.717) is 18.5 Å². The maximum absolute atomic E-state index is 13.5. The number of nitrogens with zero attached hydrogens (tertiary/aromatic N) is 2. The minimum atomic E-state index is -0.222. The molecule has 1 amide bonds. The topological polar surface area (TPSA) is 45.2 Å². The number of carbonyl (C=O) groups is 1. The Kier molecular flexibility index (Phi) is 3.87. The summed E-state index contributed by atoms with van der Waals surface area (Å²) in [7, 11) is 3.90. The monoisotopic (exact) mass is 319 g/mol. The van der Waals surface area contributed by atoms with E-state index in [9.17, 15) is 9.18 Å². The quantitative estimate of drug-likeness (QED) is 0.926. The Bertz CT molecular complexity index is 726. The third-order valence-electron chi connectivity index (χ3n) is 3.84. The zero-order chi connectivity index (χ0) is 15.9. The number of fused-ring (bicyclic) bond motifs is 1. The molecule has 1 atom stereocenters. The van der Waals surface area contributed by atoms with Gasteiger partial charge in [-0.1, -0.05) is 12.1 Å². The van der Waals surface area contributed by atoms with Crippen LogP contribution in [0.2, 0.25) is 0 Å². The van der Waals surface area contributed by atoms with Crippen LogP contribution in [0.3, 0.4) is 0 Å². The van der Waals surface area contributed by atoms with Gasteiger partial charge in [-0.3, -0.25) is 4.79 Å². The second-order valence-electron chi connectivity index (χ2n) is 5.74. The third-order valence-corrected chi connectivity index (χ3v) is 5.22. The van der Waals surface area contributed by atoms with Crippen molar-refractivity contribution in [3.8, 4) is 0 Å². The first-order valence-corrected chi connectivity index (χ1v) is 7.97. The summed E-state index contributed by atoms with van der Waals surface area (Å²) in [5.41, 5.74) is 2.47. The fourth-order valence-corrected chi connectivity index (χ4v) is 3.76. The molecule has 0 aliphatic carbocycles. The number of carbonyl (C=O) groups excluding carboxylic acids is 1. The Morgan fingerprint density at radius 3 is 2.86 bits per heavy atom. The van der Waals surface area contributed by atoms with Crippen LogP contribution in [-0.2, 0) is 11.3 Å². The molecule has 1 aromatic carbocycles. The number of anilines is 1. The summed E-state index contributed by atoms with van der Waals surface area (Å²) in [4.78, 5) is 19.7. The number of hydrogen-bond acceptors (Lipinski definition) is 4. The molecule has 1 N–H and O–H groups in total. The first-order chi connectivity index (χ1) is 10.5. The van der Waals surface area contributed by atoms with Crippen molar-refractivity contribution in [3.63, 3.8) is 0 Å². The summed E-state index contributed by atoms with van der Waals surface area (Å²) in [5.74, 6) is -0.285. The molecule has 0 bridgehead atoms. The highest BCUT2D eigenvalue weighted by Crippen LogP contribution is 2.39. The van der Waals surface area contributed by atoms with Gasteiger partial charge in [0.25, 0.3) is 0 Å². The fraction of sp³-hybridized carbons (Fsp3) is 0.375. The van der Waals surface area contributed by atoms with E-state index in [1.165, 1.54) is 6.07 Å². The van der Waals surface area contributed by atoms with E-state index < -0.39 is 0 Å². The first kappa shape index (κ1) is 15.0. The van der Waals surface area contributed by atoms with Gasteiger partial charge in [0.15, 0.2) is 5.13 Å². The molecule has 0 unspecified atom stereocenters. The van der Waals surface area contributed by atoms with Crippen LogP contribution in [0.25, 0.3) is 0 Å². The number of amides is 1. The van der Waals surface area contributed by atoms with Crippen molar-refractivity contribution in [3.05, 3.63) is 45.7 Å². The number of hydrogen-bond donors (Lipinski definition) is 1. The van der Waals surface area contributed by atoms with Crippen LogP contribution in [0.1, 0.15) is 34.0 Å². The van der Waals surface area contributed by atoms with Crippen molar-refractivity contribution in [1.82, 2.24) is 10.3 Å². The Labute approximate surface area is 133 Å². The van der Waals surface area contributed by atoms with Gasteiger partial charge in [0.05, 0.1) is 12.2 Å². The molecule has 4 nitrogen and oxygen atoms in total. The van der Waals surface area contributed by atoms with E-state index in [1.54, 1.807) is 24.3 Å². The minimum Gasteiger partial charge on any atom is -0.354 e. The summed E-state index contributed by atoms with van der Waals surface area (Å²) in [6.07, 6.45) is 0.368. The molecule has 22 heavy (non-hydrogen) atoms. The van der Waals surface area contributed by atoms with Gasteiger partial charge < -0.3 is 10.2 Å². The Morgan fingerprint density at radius 2 is 2.18 bits per heavy atom. The predicted octanol–water partition coefficient (Wildman–Crippen LogP) is 2.81. The Morgan fingerprint density at radius 1 is 1.41 bits per heavy atom. The van der Waals surface area contributed by atoms with Crippen molar-refractivity contribution in [2.75, 3.05) is 19.0 Å². The molecule has 3 rings (SSSR count). The van der Waals surface area contributed by atoms with Gasteiger partial charge in [-0.15, -0.1) is 11.3 Å².